The summed E-state index contributed by atoms with van der Waals surface area (Å²) in [6.45, 7) is 6.37. The van der Waals surface area contributed by atoms with E-state index in [1.807, 2.05) is 6.92 Å². The molecule has 0 spiro atoms. The van der Waals surface area contributed by atoms with Crippen molar-refractivity contribution >= 4 is 5.97 Å². The highest BCUT2D eigenvalue weighted by Gasteiger charge is 1.87. The van der Waals surface area contributed by atoms with Gasteiger partial charge in [0.25, 0.3) is 0 Å². The van der Waals surface area contributed by atoms with E-state index in [4.69, 9.17) is 5.11 Å². The van der Waals surface area contributed by atoms with Gasteiger partial charge in [0.05, 0.1) is 0 Å². The molecular weight excluding hydrogens is 188 g/mol. The minimum atomic E-state index is -0.711. The van der Waals surface area contributed by atoms with Crippen molar-refractivity contribution in [1.29, 1.82) is 0 Å². The number of rotatable bonds is 8. The number of hydrogen-bond acceptors (Lipinski definition) is 1. The van der Waals surface area contributed by atoms with Gasteiger partial charge in [0.2, 0.25) is 0 Å². The zero-order valence-corrected chi connectivity index (χ0v) is 10.7. The van der Waals surface area contributed by atoms with Crippen molar-refractivity contribution in [1.82, 2.24) is 0 Å². The number of hydrogen-bond donors (Lipinski definition) is 1. The van der Waals surface area contributed by atoms with Crippen LogP contribution in [0.25, 0.3) is 0 Å². The van der Waals surface area contributed by atoms with Crippen LogP contribution in [0.1, 0.15) is 78.6 Å². The maximum absolute atomic E-state index is 9.60. The standard InChI is InChI=1S/C9H20.C4H8O2/c1-3-5-7-9-8-6-4-2;1-2-3-4(5)6/h3-9H2,1-2H3;2-3H2,1H3,(H,5,6). The first-order chi connectivity index (χ1) is 7.18. The smallest absolute Gasteiger partial charge is 0.303 e. The first-order valence-corrected chi connectivity index (χ1v) is 6.40. The summed E-state index contributed by atoms with van der Waals surface area (Å²) in [5.74, 6) is -0.711. The largest absolute Gasteiger partial charge is 0.481 e. The van der Waals surface area contributed by atoms with E-state index in [1.165, 1.54) is 44.9 Å². The van der Waals surface area contributed by atoms with Gasteiger partial charge >= 0.3 is 5.97 Å². The molecule has 0 radical (unpaired) electrons. The summed E-state index contributed by atoms with van der Waals surface area (Å²) >= 11 is 0. The summed E-state index contributed by atoms with van der Waals surface area (Å²) in [4.78, 5) is 9.60. The molecule has 0 atom stereocenters. The Hall–Kier alpha value is -0.530. The molecule has 0 aliphatic carbocycles. The van der Waals surface area contributed by atoms with E-state index in [0.717, 1.165) is 6.42 Å². The van der Waals surface area contributed by atoms with Crippen molar-refractivity contribution in [2.75, 3.05) is 0 Å². The van der Waals surface area contributed by atoms with Crippen LogP contribution in [-0.4, -0.2) is 11.1 Å². The third-order valence-corrected chi connectivity index (χ3v) is 2.17. The Bertz CT molecular complexity index is 116. The number of carbonyl (C=O) groups is 1. The molecule has 15 heavy (non-hydrogen) atoms. The Labute approximate surface area is 95.1 Å². The molecule has 0 bridgehead atoms. The molecule has 0 heterocycles. The number of aliphatic carboxylic acids is 1. The van der Waals surface area contributed by atoms with Gasteiger partial charge in [-0.3, -0.25) is 4.79 Å². The first kappa shape index (κ1) is 16.9. The third-order valence-electron chi connectivity index (χ3n) is 2.17. The quantitative estimate of drug-likeness (QED) is 0.601. The van der Waals surface area contributed by atoms with E-state index in [0.29, 0.717) is 6.42 Å². The second kappa shape index (κ2) is 15.9. The van der Waals surface area contributed by atoms with Gasteiger partial charge in [0, 0.05) is 6.42 Å². The van der Waals surface area contributed by atoms with Crippen LogP contribution in [0, 0.1) is 0 Å². The maximum atomic E-state index is 9.60. The van der Waals surface area contributed by atoms with Crippen LogP contribution in [0.4, 0.5) is 0 Å². The Morgan fingerprint density at radius 2 is 1.20 bits per heavy atom. The second-order valence-electron chi connectivity index (χ2n) is 3.91. The third kappa shape index (κ3) is 24.7. The van der Waals surface area contributed by atoms with Gasteiger partial charge in [-0.15, -0.1) is 0 Å². The molecule has 0 aromatic rings. The fourth-order valence-corrected chi connectivity index (χ4v) is 1.24. The van der Waals surface area contributed by atoms with Crippen molar-refractivity contribution in [2.45, 2.75) is 78.6 Å². The molecule has 0 saturated heterocycles. The van der Waals surface area contributed by atoms with Crippen LogP contribution in [-0.2, 0) is 4.79 Å². The minimum Gasteiger partial charge on any atom is -0.481 e. The molecule has 92 valence electrons. The van der Waals surface area contributed by atoms with Gasteiger partial charge in [-0.05, 0) is 6.42 Å². The molecule has 0 aliphatic heterocycles. The lowest BCUT2D eigenvalue weighted by atomic mass is 10.1. The predicted octanol–water partition coefficient (Wildman–Crippen LogP) is 4.63. The van der Waals surface area contributed by atoms with Gasteiger partial charge in [0.15, 0.2) is 0 Å². The van der Waals surface area contributed by atoms with Crippen LogP contribution in [0.5, 0.6) is 0 Å². The van der Waals surface area contributed by atoms with Gasteiger partial charge in [-0.25, -0.2) is 0 Å². The zero-order chi connectivity index (χ0) is 11.9. The molecule has 0 aromatic carbocycles. The Morgan fingerprint density at radius 1 is 0.800 bits per heavy atom. The molecule has 0 aromatic heterocycles. The second-order valence-corrected chi connectivity index (χ2v) is 3.91. The summed E-state index contributed by atoms with van der Waals surface area (Å²) < 4.78 is 0. The van der Waals surface area contributed by atoms with E-state index >= 15 is 0 Å². The number of unbranched alkanes of at least 4 members (excludes halogenated alkanes) is 6. The molecule has 0 fully saturated rings. The molecule has 1 N–H and O–H groups in total. The highest BCUT2D eigenvalue weighted by Crippen LogP contribution is 2.05. The van der Waals surface area contributed by atoms with Crippen LogP contribution >= 0.6 is 0 Å². The highest BCUT2D eigenvalue weighted by atomic mass is 16.4. The molecule has 0 amide bonds. The van der Waals surface area contributed by atoms with Crippen molar-refractivity contribution in [2.24, 2.45) is 0 Å². The van der Waals surface area contributed by atoms with Crippen LogP contribution in [0.15, 0.2) is 0 Å². The highest BCUT2D eigenvalue weighted by molar-refractivity contribution is 5.66. The monoisotopic (exact) mass is 216 g/mol. The summed E-state index contributed by atoms with van der Waals surface area (Å²) in [5, 5.41) is 7.91. The first-order valence-electron chi connectivity index (χ1n) is 6.40. The molecule has 2 heteroatoms. The fraction of sp³-hybridized carbons (Fsp3) is 0.923. The van der Waals surface area contributed by atoms with Gasteiger partial charge < -0.3 is 5.11 Å². The van der Waals surface area contributed by atoms with E-state index in [-0.39, 0.29) is 0 Å². The number of carboxylic acids is 1. The van der Waals surface area contributed by atoms with Crippen LogP contribution in [0.2, 0.25) is 0 Å². The van der Waals surface area contributed by atoms with Gasteiger partial charge in [-0.1, -0.05) is 65.7 Å². The molecule has 0 saturated carbocycles. The SMILES string of the molecule is CCCC(=O)O.CCCCCCCCC. The Kier molecular flexibility index (Phi) is 17.9. The van der Waals surface area contributed by atoms with E-state index < -0.39 is 5.97 Å². The number of carboxylic acid groups (broad SMARTS) is 1. The summed E-state index contributed by atoms with van der Waals surface area (Å²) in [7, 11) is 0. The minimum absolute atomic E-state index is 0.292. The normalized spacial score (nSPS) is 9.27. The van der Waals surface area contributed by atoms with Crippen molar-refractivity contribution < 1.29 is 9.90 Å². The van der Waals surface area contributed by atoms with Crippen LogP contribution in [0.3, 0.4) is 0 Å². The fourth-order valence-electron chi connectivity index (χ4n) is 1.24. The predicted molar refractivity (Wildman–Crippen MR) is 66.2 cm³/mol. The topological polar surface area (TPSA) is 37.3 Å². The zero-order valence-electron chi connectivity index (χ0n) is 10.7. The lowest BCUT2D eigenvalue weighted by Gasteiger charge is -1.96. The molecule has 0 aliphatic rings. The van der Waals surface area contributed by atoms with E-state index in [2.05, 4.69) is 13.8 Å². The van der Waals surface area contributed by atoms with Gasteiger partial charge in [-0.2, -0.15) is 0 Å². The lowest BCUT2D eigenvalue weighted by molar-refractivity contribution is -0.137. The lowest BCUT2D eigenvalue weighted by Crippen LogP contribution is -1.90. The van der Waals surface area contributed by atoms with E-state index in [1.54, 1.807) is 0 Å². The summed E-state index contributed by atoms with van der Waals surface area (Å²) in [6.07, 6.45) is 11.0. The molecular formula is C13H28O2. The van der Waals surface area contributed by atoms with Crippen molar-refractivity contribution in [3.63, 3.8) is 0 Å². The average Bonchev–Trinajstić information content (AvgIpc) is 2.18. The molecule has 0 rings (SSSR count). The maximum Gasteiger partial charge on any atom is 0.303 e. The Morgan fingerprint density at radius 3 is 1.40 bits per heavy atom. The van der Waals surface area contributed by atoms with E-state index in [9.17, 15) is 4.79 Å². The summed E-state index contributed by atoms with van der Waals surface area (Å²) in [5.41, 5.74) is 0. The van der Waals surface area contributed by atoms with Crippen molar-refractivity contribution in [3.05, 3.63) is 0 Å². The average molecular weight is 216 g/mol. The molecule has 2 nitrogen and oxygen atoms in total. The van der Waals surface area contributed by atoms with Crippen molar-refractivity contribution in [3.8, 4) is 0 Å². The molecule has 0 unspecified atom stereocenters. The van der Waals surface area contributed by atoms with Crippen LogP contribution < -0.4 is 0 Å². The van der Waals surface area contributed by atoms with Gasteiger partial charge in [0.1, 0.15) is 0 Å². The Balaban J connectivity index is 0. The summed E-state index contributed by atoms with van der Waals surface area (Å²) in [6, 6.07) is 0.